The molecule has 0 unspecified atom stereocenters. The SMILES string of the molecule is Cn1c(C(=O)NC2CC(C)(C)NC(C)(C)C2)cc2cc(Cl)ccc21. The maximum atomic E-state index is 12.8. The van der Waals surface area contributed by atoms with Crippen LogP contribution in [0, 0.1) is 0 Å². The van der Waals surface area contributed by atoms with Crippen molar-refractivity contribution in [3.8, 4) is 0 Å². The molecule has 1 aromatic heterocycles. The van der Waals surface area contributed by atoms with Crippen LogP contribution in [0.5, 0.6) is 0 Å². The van der Waals surface area contributed by atoms with E-state index in [0.717, 1.165) is 23.7 Å². The number of nitrogens with zero attached hydrogens (tertiary/aromatic N) is 1. The van der Waals surface area contributed by atoms with E-state index in [9.17, 15) is 4.79 Å². The van der Waals surface area contributed by atoms with Gasteiger partial charge in [-0.1, -0.05) is 11.6 Å². The van der Waals surface area contributed by atoms with Crippen LogP contribution in [0.25, 0.3) is 10.9 Å². The van der Waals surface area contributed by atoms with Gasteiger partial charge < -0.3 is 15.2 Å². The number of aryl methyl sites for hydroxylation is 1. The van der Waals surface area contributed by atoms with Gasteiger partial charge in [-0.15, -0.1) is 0 Å². The average molecular weight is 348 g/mol. The number of carbonyl (C=O) groups is 1. The van der Waals surface area contributed by atoms with Crippen LogP contribution in [0.4, 0.5) is 0 Å². The van der Waals surface area contributed by atoms with E-state index in [1.807, 2.05) is 35.9 Å². The second-order valence-electron chi connectivity index (χ2n) is 8.26. The van der Waals surface area contributed by atoms with Crippen LogP contribution >= 0.6 is 11.6 Å². The standard InChI is InChI=1S/C19H26ClN3O/c1-18(2)10-14(11-19(3,4)22-18)21-17(24)16-9-12-8-13(20)6-7-15(12)23(16)5/h6-9,14,22H,10-11H2,1-5H3,(H,21,24). The molecule has 2 aromatic rings. The third-order valence-electron chi connectivity index (χ3n) is 4.76. The molecule has 0 spiro atoms. The van der Waals surface area contributed by atoms with E-state index >= 15 is 0 Å². The summed E-state index contributed by atoms with van der Waals surface area (Å²) in [5.41, 5.74) is 1.69. The summed E-state index contributed by atoms with van der Waals surface area (Å²) in [5, 5.41) is 8.54. The summed E-state index contributed by atoms with van der Waals surface area (Å²) in [6.45, 7) is 8.75. The monoisotopic (exact) mass is 347 g/mol. The molecule has 1 aliphatic heterocycles. The molecule has 4 nitrogen and oxygen atoms in total. The largest absolute Gasteiger partial charge is 0.348 e. The number of fused-ring (bicyclic) bond motifs is 1. The maximum absolute atomic E-state index is 12.8. The quantitative estimate of drug-likeness (QED) is 0.866. The van der Waals surface area contributed by atoms with Crippen LogP contribution in [0.2, 0.25) is 5.02 Å². The predicted octanol–water partition coefficient (Wildman–Crippen LogP) is 3.87. The fraction of sp³-hybridized carbons (Fsp3) is 0.526. The van der Waals surface area contributed by atoms with Crippen molar-refractivity contribution in [2.24, 2.45) is 7.05 Å². The van der Waals surface area contributed by atoms with E-state index < -0.39 is 0 Å². The highest BCUT2D eigenvalue weighted by molar-refractivity contribution is 6.31. The van der Waals surface area contributed by atoms with Crippen molar-refractivity contribution in [3.05, 3.63) is 35.0 Å². The lowest BCUT2D eigenvalue weighted by atomic mass is 9.79. The number of carbonyl (C=O) groups excluding carboxylic acids is 1. The lowest BCUT2D eigenvalue weighted by Gasteiger charge is -2.46. The molecule has 130 valence electrons. The fourth-order valence-corrected chi connectivity index (χ4v) is 4.40. The number of aromatic nitrogens is 1. The molecule has 1 aliphatic rings. The Kier molecular flexibility index (Phi) is 4.17. The topological polar surface area (TPSA) is 46.1 Å². The fourth-order valence-electron chi connectivity index (χ4n) is 4.22. The zero-order valence-electron chi connectivity index (χ0n) is 15.0. The van der Waals surface area contributed by atoms with Gasteiger partial charge in [0.15, 0.2) is 0 Å². The average Bonchev–Trinajstić information content (AvgIpc) is 2.71. The first-order chi connectivity index (χ1) is 11.1. The second-order valence-corrected chi connectivity index (χ2v) is 8.70. The zero-order chi connectivity index (χ0) is 17.7. The van der Waals surface area contributed by atoms with E-state index in [-0.39, 0.29) is 23.0 Å². The maximum Gasteiger partial charge on any atom is 0.268 e. The number of benzene rings is 1. The number of hydrogen-bond donors (Lipinski definition) is 2. The van der Waals surface area contributed by atoms with Gasteiger partial charge in [0.1, 0.15) is 5.69 Å². The van der Waals surface area contributed by atoms with Gasteiger partial charge in [-0.2, -0.15) is 0 Å². The normalized spacial score (nSPS) is 20.2. The molecule has 5 heteroatoms. The summed E-state index contributed by atoms with van der Waals surface area (Å²) in [4.78, 5) is 12.8. The number of rotatable bonds is 2. The smallest absolute Gasteiger partial charge is 0.268 e. The highest BCUT2D eigenvalue weighted by Crippen LogP contribution is 2.29. The molecule has 0 aliphatic carbocycles. The highest BCUT2D eigenvalue weighted by Gasteiger charge is 2.38. The highest BCUT2D eigenvalue weighted by atomic mass is 35.5. The Bertz CT molecular complexity index is 775. The van der Waals surface area contributed by atoms with Gasteiger partial charge in [-0.3, -0.25) is 4.79 Å². The number of nitrogens with one attached hydrogen (secondary N) is 2. The summed E-state index contributed by atoms with van der Waals surface area (Å²) in [7, 11) is 1.92. The first kappa shape index (κ1) is 17.3. The Morgan fingerprint density at radius 1 is 1.21 bits per heavy atom. The van der Waals surface area contributed by atoms with Crippen LogP contribution in [-0.2, 0) is 7.05 Å². The lowest BCUT2D eigenvalue weighted by Crippen LogP contribution is -2.62. The summed E-state index contributed by atoms with van der Waals surface area (Å²) < 4.78 is 1.93. The Hall–Kier alpha value is -1.52. The van der Waals surface area contributed by atoms with Crippen LogP contribution in [0.15, 0.2) is 24.3 Å². The molecule has 1 aromatic carbocycles. The third-order valence-corrected chi connectivity index (χ3v) is 5.00. The first-order valence-corrected chi connectivity index (χ1v) is 8.79. The molecule has 1 amide bonds. The Morgan fingerprint density at radius 3 is 2.46 bits per heavy atom. The van der Waals surface area contributed by atoms with Gasteiger partial charge in [-0.25, -0.2) is 0 Å². The zero-order valence-corrected chi connectivity index (χ0v) is 15.8. The minimum Gasteiger partial charge on any atom is -0.348 e. The van der Waals surface area contributed by atoms with Crippen LogP contribution < -0.4 is 10.6 Å². The minimum absolute atomic E-state index is 0.00610. The second kappa shape index (κ2) is 5.78. The molecule has 2 N–H and O–H groups in total. The van der Waals surface area contributed by atoms with Crippen molar-refractivity contribution in [1.29, 1.82) is 0 Å². The van der Waals surface area contributed by atoms with Crippen molar-refractivity contribution in [2.75, 3.05) is 0 Å². The molecule has 24 heavy (non-hydrogen) atoms. The Balaban J connectivity index is 1.84. The summed E-state index contributed by atoms with van der Waals surface area (Å²) in [5.74, 6) is -0.0247. The molecule has 0 bridgehead atoms. The molecule has 0 radical (unpaired) electrons. The van der Waals surface area contributed by atoms with E-state index in [4.69, 9.17) is 11.6 Å². The summed E-state index contributed by atoms with van der Waals surface area (Å²) in [6.07, 6.45) is 1.83. The van der Waals surface area contributed by atoms with Crippen molar-refractivity contribution in [3.63, 3.8) is 0 Å². The molecule has 0 saturated carbocycles. The molecule has 3 rings (SSSR count). The summed E-state index contributed by atoms with van der Waals surface area (Å²) >= 11 is 6.06. The molecule has 1 saturated heterocycles. The van der Waals surface area contributed by atoms with Gasteiger partial charge in [0, 0.05) is 40.1 Å². The van der Waals surface area contributed by atoms with Crippen LogP contribution in [0.1, 0.15) is 51.0 Å². The van der Waals surface area contributed by atoms with Crippen molar-refractivity contribution < 1.29 is 4.79 Å². The van der Waals surface area contributed by atoms with E-state index in [0.29, 0.717) is 10.7 Å². The minimum atomic E-state index is -0.0247. The summed E-state index contributed by atoms with van der Waals surface area (Å²) in [6, 6.07) is 7.76. The van der Waals surface area contributed by atoms with E-state index in [2.05, 4.69) is 38.3 Å². The predicted molar refractivity (Wildman–Crippen MR) is 99.7 cm³/mol. The lowest BCUT2D eigenvalue weighted by molar-refractivity contribution is 0.0865. The van der Waals surface area contributed by atoms with Crippen molar-refractivity contribution >= 4 is 28.4 Å². The molecule has 0 atom stereocenters. The Labute approximate surface area is 148 Å². The first-order valence-electron chi connectivity index (χ1n) is 8.42. The molecular weight excluding hydrogens is 322 g/mol. The number of amides is 1. The van der Waals surface area contributed by atoms with Gasteiger partial charge in [0.2, 0.25) is 0 Å². The van der Waals surface area contributed by atoms with E-state index in [1.54, 1.807) is 0 Å². The van der Waals surface area contributed by atoms with Gasteiger partial charge in [-0.05, 0) is 64.8 Å². The molecule has 2 heterocycles. The Morgan fingerprint density at radius 2 is 1.83 bits per heavy atom. The molecule has 1 fully saturated rings. The molecular formula is C19H26ClN3O. The van der Waals surface area contributed by atoms with Crippen molar-refractivity contribution in [1.82, 2.24) is 15.2 Å². The number of halogens is 1. The third kappa shape index (κ3) is 3.45. The van der Waals surface area contributed by atoms with Gasteiger partial charge >= 0.3 is 0 Å². The van der Waals surface area contributed by atoms with Gasteiger partial charge in [0.25, 0.3) is 5.91 Å². The van der Waals surface area contributed by atoms with Crippen LogP contribution in [0.3, 0.4) is 0 Å². The van der Waals surface area contributed by atoms with Gasteiger partial charge in [0.05, 0.1) is 0 Å². The number of hydrogen-bond acceptors (Lipinski definition) is 2. The van der Waals surface area contributed by atoms with E-state index in [1.165, 1.54) is 0 Å². The van der Waals surface area contributed by atoms with Crippen LogP contribution in [-0.4, -0.2) is 27.6 Å². The van der Waals surface area contributed by atoms with Crippen molar-refractivity contribution in [2.45, 2.75) is 57.7 Å². The number of piperidine rings is 1.